The summed E-state index contributed by atoms with van der Waals surface area (Å²) in [7, 11) is -3.04. The van der Waals surface area contributed by atoms with Gasteiger partial charge in [0, 0.05) is 0 Å². The van der Waals surface area contributed by atoms with E-state index in [1.807, 2.05) is 107 Å². The van der Waals surface area contributed by atoms with Crippen LogP contribution in [0.25, 0.3) is 0 Å². The van der Waals surface area contributed by atoms with E-state index in [4.69, 9.17) is 9.05 Å². The van der Waals surface area contributed by atoms with E-state index >= 15 is 0 Å². The summed E-state index contributed by atoms with van der Waals surface area (Å²) < 4.78 is 22.3. The minimum Gasteiger partial charge on any atom is -0.507 e. The first kappa shape index (κ1) is 39.2. The predicted octanol–water partition coefficient (Wildman–Crippen LogP) is 8.75. The van der Waals surface area contributed by atoms with Crippen molar-refractivity contribution in [3.63, 3.8) is 0 Å². The molecule has 0 bridgehead atoms. The third-order valence-corrected chi connectivity index (χ3v) is 8.31. The number of benzene rings is 2. The Balaban J connectivity index is 1.91. The van der Waals surface area contributed by atoms with Crippen LogP contribution >= 0.6 is 8.25 Å². The summed E-state index contributed by atoms with van der Waals surface area (Å²) >= 11 is 0. The lowest BCUT2D eigenvalue weighted by atomic mass is 9.78. The van der Waals surface area contributed by atoms with Gasteiger partial charge in [0.15, 0.2) is 11.6 Å². The first-order valence-corrected chi connectivity index (χ1v) is 17.1. The van der Waals surface area contributed by atoms with Crippen LogP contribution in [0.2, 0.25) is 0 Å². The lowest BCUT2D eigenvalue weighted by Gasteiger charge is -2.28. The van der Waals surface area contributed by atoms with Crippen LogP contribution in [0.15, 0.2) is 48.6 Å². The number of carbonyl (C=O) groups excluding carboxylic acids is 2. The Hall–Kier alpha value is -2.99. The number of rotatable bonds is 12. The number of phenols is 2. The molecule has 0 saturated heterocycles. The highest BCUT2D eigenvalue weighted by Crippen LogP contribution is 2.41. The number of allylic oxidation sites excluding steroid dienone is 2. The lowest BCUT2D eigenvalue weighted by molar-refractivity contribution is -0.116. The van der Waals surface area contributed by atoms with Gasteiger partial charge >= 0.3 is 8.25 Å². The molecular weight excluding hydrogens is 599 g/mol. The molecule has 0 saturated carbocycles. The SMILES string of the molecule is CC(C)(C)c1cc(CC=CC(=O)CO[PH](=O)OCC(=O)C=CCc2cc(C(C)(C)C)c(O)c(C(C)(C)C)c2)cc(C(C)(C)C)c1O. The fraction of sp³-hybridized carbons (Fsp3) is 0.526. The van der Waals surface area contributed by atoms with E-state index in [-0.39, 0.29) is 33.2 Å². The van der Waals surface area contributed by atoms with Gasteiger partial charge in [-0.1, -0.05) is 120 Å². The molecule has 0 unspecified atom stereocenters. The zero-order valence-electron chi connectivity index (χ0n) is 29.9. The molecule has 254 valence electrons. The van der Waals surface area contributed by atoms with Crippen molar-refractivity contribution in [2.45, 2.75) is 118 Å². The fourth-order valence-corrected chi connectivity index (χ4v) is 5.57. The molecule has 2 N–H and O–H groups in total. The molecule has 0 atom stereocenters. The van der Waals surface area contributed by atoms with Gasteiger partial charge in [0.2, 0.25) is 0 Å². The molecule has 0 fully saturated rings. The van der Waals surface area contributed by atoms with Gasteiger partial charge in [0.05, 0.1) is 0 Å². The van der Waals surface area contributed by atoms with Gasteiger partial charge in [-0.05, 0) is 80.0 Å². The highest BCUT2D eigenvalue weighted by atomic mass is 31.1. The molecule has 7 nitrogen and oxygen atoms in total. The van der Waals surface area contributed by atoms with Gasteiger partial charge in [0.1, 0.15) is 24.7 Å². The molecule has 0 amide bonds. The molecule has 0 heterocycles. The van der Waals surface area contributed by atoms with Crippen LogP contribution < -0.4 is 0 Å². The largest absolute Gasteiger partial charge is 0.507 e. The Morgan fingerprint density at radius 1 is 0.587 bits per heavy atom. The maximum Gasteiger partial charge on any atom is 0.320 e. The highest BCUT2D eigenvalue weighted by molar-refractivity contribution is 7.33. The average molecular weight is 655 g/mol. The monoisotopic (exact) mass is 654 g/mol. The van der Waals surface area contributed by atoms with E-state index in [2.05, 4.69) is 0 Å². The topological polar surface area (TPSA) is 110 Å². The van der Waals surface area contributed by atoms with Gasteiger partial charge in [-0.3, -0.25) is 14.2 Å². The van der Waals surface area contributed by atoms with Gasteiger partial charge in [-0.2, -0.15) is 0 Å². The van der Waals surface area contributed by atoms with Crippen LogP contribution in [-0.2, 0) is 57.7 Å². The fourth-order valence-electron chi connectivity index (χ4n) is 4.96. The van der Waals surface area contributed by atoms with Crippen LogP contribution in [-0.4, -0.2) is 35.0 Å². The van der Waals surface area contributed by atoms with Crippen molar-refractivity contribution in [1.82, 2.24) is 0 Å². The van der Waals surface area contributed by atoms with E-state index in [0.717, 1.165) is 33.4 Å². The van der Waals surface area contributed by atoms with Crippen LogP contribution in [0.5, 0.6) is 11.5 Å². The van der Waals surface area contributed by atoms with Gasteiger partial charge in [-0.25, -0.2) is 0 Å². The highest BCUT2D eigenvalue weighted by Gasteiger charge is 2.27. The Bertz CT molecular complexity index is 1310. The smallest absolute Gasteiger partial charge is 0.320 e. The normalized spacial score (nSPS) is 13.9. The van der Waals surface area contributed by atoms with Crippen LogP contribution in [0, 0.1) is 0 Å². The Labute approximate surface area is 277 Å². The van der Waals surface area contributed by atoms with Crippen LogP contribution in [0.4, 0.5) is 0 Å². The quantitative estimate of drug-likeness (QED) is 0.174. The molecule has 0 spiro atoms. The summed E-state index contributed by atoms with van der Waals surface area (Å²) in [5.41, 5.74) is 4.32. The third-order valence-electron chi connectivity index (χ3n) is 7.55. The van der Waals surface area contributed by atoms with Gasteiger partial charge in [0.25, 0.3) is 0 Å². The molecule has 0 aliphatic heterocycles. The molecule has 0 radical (unpaired) electrons. The summed E-state index contributed by atoms with van der Waals surface area (Å²) in [6.45, 7) is 23.7. The number of aromatic hydroxyl groups is 2. The number of carbonyl (C=O) groups is 2. The molecule has 2 rings (SSSR count). The summed E-state index contributed by atoms with van der Waals surface area (Å²) in [5, 5.41) is 21.8. The molecule has 0 aliphatic carbocycles. The molecule has 2 aromatic carbocycles. The van der Waals surface area contributed by atoms with E-state index < -0.39 is 21.5 Å². The van der Waals surface area contributed by atoms with Crippen molar-refractivity contribution in [2.24, 2.45) is 0 Å². The molecule has 46 heavy (non-hydrogen) atoms. The van der Waals surface area contributed by atoms with Crippen molar-refractivity contribution in [3.05, 3.63) is 82.0 Å². The van der Waals surface area contributed by atoms with E-state index in [1.54, 1.807) is 12.2 Å². The minimum absolute atomic E-state index is 0.254. The lowest BCUT2D eigenvalue weighted by Crippen LogP contribution is -2.17. The Morgan fingerprint density at radius 2 is 0.848 bits per heavy atom. The van der Waals surface area contributed by atoms with Crippen molar-refractivity contribution in [1.29, 1.82) is 0 Å². The van der Waals surface area contributed by atoms with Gasteiger partial charge < -0.3 is 19.3 Å². The number of ketones is 2. The maximum absolute atomic E-state index is 12.3. The van der Waals surface area contributed by atoms with Crippen molar-refractivity contribution in [3.8, 4) is 11.5 Å². The second-order valence-electron chi connectivity index (χ2n) is 16.1. The maximum atomic E-state index is 12.3. The zero-order valence-corrected chi connectivity index (χ0v) is 30.9. The zero-order chi connectivity index (χ0) is 35.3. The molecule has 2 aromatic rings. The standard InChI is InChI=1S/C38H55O7P/c1-35(2,3)29-19-25(20-30(33(29)41)36(4,5)6)15-13-17-27(39)23-44-46(43)45-24-28(40)18-14-16-26-21-31(37(7,8)9)34(42)32(22-26)38(10,11)12/h13-14,17-22,41-42,46H,15-16,23-24H2,1-12H3. The van der Waals surface area contributed by atoms with Gasteiger partial charge in [-0.15, -0.1) is 0 Å². The molecule has 0 aliphatic rings. The first-order chi connectivity index (χ1) is 20.9. The Morgan fingerprint density at radius 3 is 1.09 bits per heavy atom. The third kappa shape index (κ3) is 11.7. The Kier molecular flexibility index (Phi) is 13.0. The number of hydrogen-bond donors (Lipinski definition) is 2. The predicted molar refractivity (Wildman–Crippen MR) is 188 cm³/mol. The molecule has 0 aromatic heterocycles. The summed E-state index contributed by atoms with van der Waals surface area (Å²) in [6.07, 6.45) is 7.14. The van der Waals surface area contributed by atoms with E-state index in [0.29, 0.717) is 24.3 Å². The molecule has 8 heteroatoms. The average Bonchev–Trinajstić information content (AvgIpc) is 2.89. The number of hydrogen-bond acceptors (Lipinski definition) is 7. The van der Waals surface area contributed by atoms with Crippen molar-refractivity contribution in [2.75, 3.05) is 13.2 Å². The second kappa shape index (κ2) is 15.3. The molecular formula is C38H55O7P. The second-order valence-corrected chi connectivity index (χ2v) is 17.1. The van der Waals surface area contributed by atoms with E-state index in [9.17, 15) is 24.4 Å². The summed E-state index contributed by atoms with van der Waals surface area (Å²) in [6, 6.07) is 7.85. The summed E-state index contributed by atoms with van der Waals surface area (Å²) in [4.78, 5) is 24.7. The van der Waals surface area contributed by atoms with Crippen molar-refractivity contribution < 1.29 is 33.4 Å². The van der Waals surface area contributed by atoms with Crippen LogP contribution in [0.1, 0.15) is 116 Å². The summed E-state index contributed by atoms with van der Waals surface area (Å²) in [5.74, 6) is -0.148. The van der Waals surface area contributed by atoms with E-state index in [1.165, 1.54) is 12.2 Å². The van der Waals surface area contributed by atoms with Crippen molar-refractivity contribution >= 4 is 19.8 Å². The number of phenolic OH excluding ortho intramolecular Hbond substituents is 2. The first-order valence-electron chi connectivity index (χ1n) is 15.8. The minimum atomic E-state index is -3.04. The van der Waals surface area contributed by atoms with Crippen LogP contribution in [0.3, 0.4) is 0 Å².